The smallest absolute Gasteiger partial charge is 0.254 e. The number of amides is 1. The van der Waals surface area contributed by atoms with Gasteiger partial charge in [-0.1, -0.05) is 6.07 Å². The van der Waals surface area contributed by atoms with Crippen LogP contribution >= 0.6 is 0 Å². The van der Waals surface area contributed by atoms with Crippen molar-refractivity contribution in [2.45, 2.75) is 25.7 Å². The molecule has 1 saturated carbocycles. The molecule has 3 N–H and O–H groups in total. The van der Waals surface area contributed by atoms with Crippen molar-refractivity contribution in [1.29, 1.82) is 0 Å². The fraction of sp³-hybridized carbons (Fsp3) is 0.273. The van der Waals surface area contributed by atoms with Crippen LogP contribution in [0.2, 0.25) is 0 Å². The highest BCUT2D eigenvalue weighted by Crippen LogP contribution is 2.47. The summed E-state index contributed by atoms with van der Waals surface area (Å²) in [4.78, 5) is 16.5. The first-order chi connectivity index (χ1) is 15.0. The van der Waals surface area contributed by atoms with E-state index in [1.165, 1.54) is 17.7 Å². The van der Waals surface area contributed by atoms with Crippen LogP contribution in [0, 0.1) is 5.82 Å². The van der Waals surface area contributed by atoms with Gasteiger partial charge in [0, 0.05) is 30.2 Å². The standard InChI is InChI=1S/C22H22FN7O/c1-3-24-21(31)14-7-6-13(10-16(14)23)20-27-22(30(2)29-20)26-18-9-8-17-15(11-25-28-17)19(18)12-4-5-12/h6-12H,3-5H2,1-2H3,(H,24,31)(H,25,28)(H,26,27,29). The number of carbonyl (C=O) groups is 1. The van der Waals surface area contributed by atoms with E-state index in [0.29, 0.717) is 29.8 Å². The second kappa shape index (κ2) is 7.50. The highest BCUT2D eigenvalue weighted by atomic mass is 19.1. The van der Waals surface area contributed by atoms with Gasteiger partial charge in [0.1, 0.15) is 5.82 Å². The van der Waals surface area contributed by atoms with Gasteiger partial charge in [-0.2, -0.15) is 10.1 Å². The Bertz CT molecular complexity index is 1290. The van der Waals surface area contributed by atoms with Crippen molar-refractivity contribution in [2.75, 3.05) is 11.9 Å². The molecule has 5 rings (SSSR count). The molecule has 0 radical (unpaired) electrons. The van der Waals surface area contributed by atoms with Crippen molar-refractivity contribution in [2.24, 2.45) is 7.05 Å². The number of fused-ring (bicyclic) bond motifs is 1. The fourth-order valence-electron chi connectivity index (χ4n) is 3.79. The number of H-pyrrole nitrogens is 1. The van der Waals surface area contributed by atoms with E-state index in [-0.39, 0.29) is 5.56 Å². The van der Waals surface area contributed by atoms with Crippen molar-refractivity contribution in [3.8, 4) is 11.4 Å². The highest BCUT2D eigenvalue weighted by Gasteiger charge is 2.29. The molecule has 0 saturated heterocycles. The molecule has 9 heteroatoms. The molecule has 1 aliphatic rings. The lowest BCUT2D eigenvalue weighted by Gasteiger charge is -2.11. The second-order valence-corrected chi connectivity index (χ2v) is 7.69. The van der Waals surface area contributed by atoms with Gasteiger partial charge in [0.25, 0.3) is 5.91 Å². The van der Waals surface area contributed by atoms with Crippen molar-refractivity contribution in [1.82, 2.24) is 30.3 Å². The molecule has 0 atom stereocenters. The van der Waals surface area contributed by atoms with Gasteiger partial charge in [0.2, 0.25) is 5.95 Å². The van der Waals surface area contributed by atoms with Gasteiger partial charge in [-0.3, -0.25) is 9.89 Å². The zero-order chi connectivity index (χ0) is 21.5. The lowest BCUT2D eigenvalue weighted by Crippen LogP contribution is -2.23. The largest absolute Gasteiger partial charge is 0.352 e. The van der Waals surface area contributed by atoms with Crippen LogP contribution in [0.5, 0.6) is 0 Å². The number of halogens is 1. The Labute approximate surface area is 177 Å². The molecule has 8 nitrogen and oxygen atoms in total. The molecule has 0 bridgehead atoms. The summed E-state index contributed by atoms with van der Waals surface area (Å²) in [6.45, 7) is 2.22. The van der Waals surface area contributed by atoms with Gasteiger partial charge in [-0.05, 0) is 55.5 Å². The number of hydrogen-bond donors (Lipinski definition) is 3. The lowest BCUT2D eigenvalue weighted by atomic mass is 10.0. The molecule has 1 fully saturated rings. The Morgan fingerprint density at radius 3 is 2.87 bits per heavy atom. The summed E-state index contributed by atoms with van der Waals surface area (Å²) in [6.07, 6.45) is 4.16. The molecule has 2 aromatic carbocycles. The maximum absolute atomic E-state index is 14.5. The zero-order valence-electron chi connectivity index (χ0n) is 17.2. The van der Waals surface area contributed by atoms with Gasteiger partial charge in [0.05, 0.1) is 17.3 Å². The molecule has 2 heterocycles. The summed E-state index contributed by atoms with van der Waals surface area (Å²) >= 11 is 0. The second-order valence-electron chi connectivity index (χ2n) is 7.69. The van der Waals surface area contributed by atoms with Crippen molar-refractivity contribution >= 4 is 28.4 Å². The minimum atomic E-state index is -0.605. The van der Waals surface area contributed by atoms with E-state index in [0.717, 1.165) is 29.4 Å². The number of carbonyl (C=O) groups excluding carboxylic acids is 1. The number of nitrogens with one attached hydrogen (secondary N) is 3. The van der Waals surface area contributed by atoms with Gasteiger partial charge in [0.15, 0.2) is 5.82 Å². The Morgan fingerprint density at radius 1 is 1.29 bits per heavy atom. The number of aryl methyl sites for hydroxylation is 1. The summed E-state index contributed by atoms with van der Waals surface area (Å²) in [6, 6.07) is 8.40. The zero-order valence-corrected chi connectivity index (χ0v) is 17.2. The molecule has 0 spiro atoms. The molecule has 1 amide bonds. The van der Waals surface area contributed by atoms with Crippen LogP contribution in [0.4, 0.5) is 16.0 Å². The molecule has 31 heavy (non-hydrogen) atoms. The molecule has 2 aromatic heterocycles. The summed E-state index contributed by atoms with van der Waals surface area (Å²) in [7, 11) is 1.78. The van der Waals surface area contributed by atoms with E-state index in [4.69, 9.17) is 0 Å². The summed E-state index contributed by atoms with van der Waals surface area (Å²) in [5.41, 5.74) is 3.71. The van der Waals surface area contributed by atoms with E-state index in [9.17, 15) is 9.18 Å². The minimum Gasteiger partial charge on any atom is -0.352 e. The fourth-order valence-corrected chi connectivity index (χ4v) is 3.79. The van der Waals surface area contributed by atoms with Gasteiger partial charge in [-0.15, -0.1) is 5.10 Å². The average Bonchev–Trinajstić information content (AvgIpc) is 3.36. The number of anilines is 2. The molecule has 1 aliphatic carbocycles. The lowest BCUT2D eigenvalue weighted by molar-refractivity contribution is 0.0952. The van der Waals surface area contributed by atoms with Crippen molar-refractivity contribution in [3.63, 3.8) is 0 Å². The van der Waals surface area contributed by atoms with Crippen molar-refractivity contribution in [3.05, 3.63) is 53.5 Å². The van der Waals surface area contributed by atoms with Crippen LogP contribution in [-0.2, 0) is 7.05 Å². The number of aromatic amines is 1. The molecule has 0 unspecified atom stereocenters. The van der Waals surface area contributed by atoms with Crippen LogP contribution in [0.1, 0.15) is 41.6 Å². The maximum atomic E-state index is 14.5. The molecule has 0 aliphatic heterocycles. The van der Waals surface area contributed by atoms with Gasteiger partial charge in [-0.25, -0.2) is 9.07 Å². The molecular weight excluding hydrogens is 397 g/mol. The third kappa shape index (κ3) is 3.52. The highest BCUT2D eigenvalue weighted by molar-refractivity contribution is 5.95. The molecular formula is C22H22FN7O. The van der Waals surface area contributed by atoms with E-state index < -0.39 is 11.7 Å². The Morgan fingerprint density at radius 2 is 2.13 bits per heavy atom. The number of rotatable bonds is 6. The Balaban J connectivity index is 1.46. The summed E-state index contributed by atoms with van der Waals surface area (Å²) in [5, 5.41) is 18.7. The monoisotopic (exact) mass is 419 g/mol. The predicted octanol–water partition coefficient (Wildman–Crippen LogP) is 3.87. The first kappa shape index (κ1) is 19.2. The van der Waals surface area contributed by atoms with Crippen LogP contribution in [0.25, 0.3) is 22.3 Å². The predicted molar refractivity (Wildman–Crippen MR) is 116 cm³/mol. The average molecular weight is 419 g/mol. The first-order valence-electron chi connectivity index (χ1n) is 10.3. The minimum absolute atomic E-state index is 0.00219. The Hall–Kier alpha value is -3.75. The third-order valence-electron chi connectivity index (χ3n) is 5.47. The summed E-state index contributed by atoms with van der Waals surface area (Å²) in [5.74, 6) is 0.390. The topological polar surface area (TPSA) is 101 Å². The maximum Gasteiger partial charge on any atom is 0.254 e. The SMILES string of the molecule is CCNC(=O)c1ccc(-c2nc(Nc3ccc4[nH]ncc4c3C3CC3)n(C)n2)cc1F. The van der Waals surface area contributed by atoms with E-state index in [1.807, 2.05) is 18.3 Å². The molecule has 4 aromatic rings. The number of benzene rings is 2. The van der Waals surface area contributed by atoms with Crippen LogP contribution in [0.3, 0.4) is 0 Å². The van der Waals surface area contributed by atoms with Crippen LogP contribution < -0.4 is 10.6 Å². The van der Waals surface area contributed by atoms with Gasteiger partial charge >= 0.3 is 0 Å². The van der Waals surface area contributed by atoms with E-state index >= 15 is 0 Å². The summed E-state index contributed by atoms with van der Waals surface area (Å²) < 4.78 is 16.1. The normalized spacial score (nSPS) is 13.5. The number of hydrogen-bond acceptors (Lipinski definition) is 5. The molecule has 158 valence electrons. The first-order valence-corrected chi connectivity index (χ1v) is 10.3. The quantitative estimate of drug-likeness (QED) is 0.441. The van der Waals surface area contributed by atoms with Crippen LogP contribution in [-0.4, -0.2) is 37.4 Å². The number of aromatic nitrogens is 5. The third-order valence-corrected chi connectivity index (χ3v) is 5.47. The van der Waals surface area contributed by atoms with E-state index in [1.54, 1.807) is 24.7 Å². The van der Waals surface area contributed by atoms with Crippen LogP contribution in [0.15, 0.2) is 36.5 Å². The van der Waals surface area contributed by atoms with E-state index in [2.05, 4.69) is 30.9 Å². The Kier molecular flexibility index (Phi) is 4.65. The van der Waals surface area contributed by atoms with Gasteiger partial charge < -0.3 is 10.6 Å². The number of nitrogens with zero attached hydrogens (tertiary/aromatic N) is 4. The van der Waals surface area contributed by atoms with Crippen molar-refractivity contribution < 1.29 is 9.18 Å².